The number of pyridine rings is 1. The maximum absolute atomic E-state index is 5.61. The van der Waals surface area contributed by atoms with Gasteiger partial charge in [0.25, 0.3) is 0 Å². The predicted molar refractivity (Wildman–Crippen MR) is 61.8 cm³/mol. The molecule has 0 aliphatic rings. The highest BCUT2D eigenvalue weighted by Gasteiger charge is 1.97. The summed E-state index contributed by atoms with van der Waals surface area (Å²) in [6.07, 6.45) is 1.77. The molecule has 0 radical (unpaired) electrons. The lowest BCUT2D eigenvalue weighted by Gasteiger charge is -2.01. The second-order valence-corrected chi connectivity index (χ2v) is 3.80. The monoisotopic (exact) mass is 248 g/mol. The minimum Gasteiger partial charge on any atom is -0.399 e. The molecule has 0 saturated heterocycles. The smallest absolute Gasteiger partial charge is 0.106 e. The molecule has 2 rings (SSSR count). The van der Waals surface area contributed by atoms with Crippen LogP contribution in [-0.4, -0.2) is 4.98 Å². The number of benzene rings is 1. The zero-order valence-electron chi connectivity index (χ0n) is 7.44. The first-order chi connectivity index (χ1) is 6.75. The van der Waals surface area contributed by atoms with Crippen molar-refractivity contribution in [2.24, 2.45) is 0 Å². The second-order valence-electron chi connectivity index (χ2n) is 2.99. The number of nitrogen functional groups attached to an aromatic ring is 1. The van der Waals surface area contributed by atoms with Crippen molar-refractivity contribution in [3.8, 4) is 11.1 Å². The van der Waals surface area contributed by atoms with Crippen molar-refractivity contribution in [3.63, 3.8) is 0 Å². The first-order valence-electron chi connectivity index (χ1n) is 4.23. The normalized spacial score (nSPS) is 10.1. The molecular formula is C11H9BrN2. The van der Waals surface area contributed by atoms with Gasteiger partial charge in [0.1, 0.15) is 4.60 Å². The fraction of sp³-hybridized carbons (Fsp3) is 0. The van der Waals surface area contributed by atoms with Crippen LogP contribution < -0.4 is 5.73 Å². The quantitative estimate of drug-likeness (QED) is 0.623. The summed E-state index contributed by atoms with van der Waals surface area (Å²) in [5, 5.41) is 0. The molecule has 1 aromatic heterocycles. The molecule has 3 heteroatoms. The van der Waals surface area contributed by atoms with Gasteiger partial charge in [-0.2, -0.15) is 0 Å². The van der Waals surface area contributed by atoms with Crippen LogP contribution >= 0.6 is 15.9 Å². The molecule has 0 aliphatic heterocycles. The van der Waals surface area contributed by atoms with Gasteiger partial charge in [0.2, 0.25) is 0 Å². The highest BCUT2D eigenvalue weighted by Crippen LogP contribution is 2.22. The van der Waals surface area contributed by atoms with Crippen LogP contribution in [0.5, 0.6) is 0 Å². The van der Waals surface area contributed by atoms with Crippen molar-refractivity contribution in [1.82, 2.24) is 4.98 Å². The highest BCUT2D eigenvalue weighted by molar-refractivity contribution is 9.10. The second kappa shape index (κ2) is 3.80. The van der Waals surface area contributed by atoms with Crippen LogP contribution in [0, 0.1) is 0 Å². The van der Waals surface area contributed by atoms with Gasteiger partial charge in [0, 0.05) is 11.9 Å². The summed E-state index contributed by atoms with van der Waals surface area (Å²) >= 11 is 3.34. The maximum Gasteiger partial charge on any atom is 0.106 e. The first-order valence-corrected chi connectivity index (χ1v) is 5.02. The van der Waals surface area contributed by atoms with E-state index in [-0.39, 0.29) is 0 Å². The number of nitrogens with two attached hydrogens (primary N) is 1. The van der Waals surface area contributed by atoms with Crippen LogP contribution in [0.2, 0.25) is 0 Å². The van der Waals surface area contributed by atoms with Crippen LogP contribution in [0.4, 0.5) is 5.69 Å². The molecule has 2 aromatic rings. The van der Waals surface area contributed by atoms with Gasteiger partial charge in [-0.15, -0.1) is 0 Å². The molecule has 0 atom stereocenters. The van der Waals surface area contributed by atoms with Crippen molar-refractivity contribution < 1.29 is 0 Å². The van der Waals surface area contributed by atoms with Crippen LogP contribution in [0.15, 0.2) is 47.2 Å². The molecule has 2 nitrogen and oxygen atoms in total. The highest BCUT2D eigenvalue weighted by atomic mass is 79.9. The molecule has 0 unspecified atom stereocenters. The van der Waals surface area contributed by atoms with Crippen molar-refractivity contribution >= 4 is 21.6 Å². The van der Waals surface area contributed by atoms with E-state index in [1.54, 1.807) is 6.20 Å². The summed E-state index contributed by atoms with van der Waals surface area (Å²) in [5.74, 6) is 0. The third-order valence-electron chi connectivity index (χ3n) is 1.97. The van der Waals surface area contributed by atoms with E-state index in [2.05, 4.69) is 20.9 Å². The largest absolute Gasteiger partial charge is 0.399 e. The van der Waals surface area contributed by atoms with E-state index in [0.29, 0.717) is 0 Å². The van der Waals surface area contributed by atoms with Gasteiger partial charge in [0.15, 0.2) is 0 Å². The average molecular weight is 249 g/mol. The lowest BCUT2D eigenvalue weighted by Crippen LogP contribution is -1.84. The van der Waals surface area contributed by atoms with Crippen molar-refractivity contribution in [3.05, 3.63) is 47.2 Å². The van der Waals surface area contributed by atoms with Gasteiger partial charge in [-0.3, -0.25) is 0 Å². The predicted octanol–water partition coefficient (Wildman–Crippen LogP) is 3.09. The Kier molecular flexibility index (Phi) is 2.50. The van der Waals surface area contributed by atoms with E-state index in [1.165, 1.54) is 0 Å². The third kappa shape index (κ3) is 1.93. The van der Waals surface area contributed by atoms with E-state index >= 15 is 0 Å². The molecule has 0 aliphatic carbocycles. The standard InChI is InChI=1S/C11H9BrN2/c12-11-7-9(5-6-14-11)8-1-3-10(13)4-2-8/h1-7H,13H2. The minimum absolute atomic E-state index is 0.780. The molecule has 1 heterocycles. The molecule has 14 heavy (non-hydrogen) atoms. The molecule has 0 bridgehead atoms. The van der Waals surface area contributed by atoms with Gasteiger partial charge in [0.05, 0.1) is 0 Å². The van der Waals surface area contributed by atoms with E-state index in [1.807, 2.05) is 36.4 Å². The average Bonchev–Trinajstić information content (AvgIpc) is 2.19. The Balaban J connectivity index is 2.44. The summed E-state index contributed by atoms with van der Waals surface area (Å²) in [5.41, 5.74) is 8.66. The number of nitrogens with zero attached hydrogens (tertiary/aromatic N) is 1. The Bertz CT molecular complexity index is 437. The Morgan fingerprint density at radius 1 is 1.00 bits per heavy atom. The zero-order valence-corrected chi connectivity index (χ0v) is 9.03. The van der Waals surface area contributed by atoms with Crippen LogP contribution in [0.1, 0.15) is 0 Å². The van der Waals surface area contributed by atoms with Crippen molar-refractivity contribution in [2.75, 3.05) is 5.73 Å². The SMILES string of the molecule is Nc1ccc(-c2ccnc(Br)c2)cc1. The van der Waals surface area contributed by atoms with Gasteiger partial charge in [-0.05, 0) is 51.3 Å². The van der Waals surface area contributed by atoms with E-state index < -0.39 is 0 Å². The molecule has 0 spiro atoms. The zero-order chi connectivity index (χ0) is 9.97. The van der Waals surface area contributed by atoms with Crippen LogP contribution in [0.25, 0.3) is 11.1 Å². The van der Waals surface area contributed by atoms with E-state index in [9.17, 15) is 0 Å². The van der Waals surface area contributed by atoms with Gasteiger partial charge in [-0.25, -0.2) is 4.98 Å². The fourth-order valence-electron chi connectivity index (χ4n) is 1.26. The summed E-state index contributed by atoms with van der Waals surface area (Å²) in [7, 11) is 0. The lowest BCUT2D eigenvalue weighted by molar-refractivity contribution is 1.28. The Labute approximate surface area is 90.9 Å². The molecule has 2 N–H and O–H groups in total. The Hall–Kier alpha value is -1.35. The number of hydrogen-bond acceptors (Lipinski definition) is 2. The first kappa shape index (κ1) is 9.21. The number of hydrogen-bond donors (Lipinski definition) is 1. The molecule has 0 amide bonds. The van der Waals surface area contributed by atoms with Gasteiger partial charge >= 0.3 is 0 Å². The summed E-state index contributed by atoms with van der Waals surface area (Å²) in [6.45, 7) is 0. The van der Waals surface area contributed by atoms with Crippen molar-refractivity contribution in [1.29, 1.82) is 0 Å². The van der Waals surface area contributed by atoms with Crippen molar-refractivity contribution in [2.45, 2.75) is 0 Å². The summed E-state index contributed by atoms with van der Waals surface area (Å²) in [6, 6.07) is 11.7. The molecule has 1 aromatic carbocycles. The van der Waals surface area contributed by atoms with Crippen LogP contribution in [-0.2, 0) is 0 Å². The van der Waals surface area contributed by atoms with Gasteiger partial charge < -0.3 is 5.73 Å². The van der Waals surface area contributed by atoms with E-state index in [4.69, 9.17) is 5.73 Å². The Morgan fingerprint density at radius 3 is 2.36 bits per heavy atom. The number of halogens is 1. The maximum atomic E-state index is 5.61. The number of rotatable bonds is 1. The topological polar surface area (TPSA) is 38.9 Å². The molecule has 0 fully saturated rings. The van der Waals surface area contributed by atoms with Gasteiger partial charge in [-0.1, -0.05) is 12.1 Å². The molecule has 70 valence electrons. The Morgan fingerprint density at radius 2 is 1.71 bits per heavy atom. The number of aromatic nitrogens is 1. The summed E-state index contributed by atoms with van der Waals surface area (Å²) in [4.78, 5) is 4.07. The third-order valence-corrected chi connectivity index (χ3v) is 2.40. The minimum atomic E-state index is 0.780. The van der Waals surface area contributed by atoms with E-state index in [0.717, 1.165) is 21.4 Å². The number of anilines is 1. The summed E-state index contributed by atoms with van der Waals surface area (Å²) < 4.78 is 0.840. The molecular weight excluding hydrogens is 240 g/mol. The fourth-order valence-corrected chi connectivity index (χ4v) is 1.62. The van der Waals surface area contributed by atoms with Crippen LogP contribution in [0.3, 0.4) is 0 Å². The molecule has 0 saturated carbocycles. The lowest BCUT2D eigenvalue weighted by atomic mass is 10.1.